The summed E-state index contributed by atoms with van der Waals surface area (Å²) in [7, 11) is 0. The molecule has 250 valence electrons. The molecule has 2 nitrogen and oxygen atoms in total. The second-order valence-corrected chi connectivity index (χ2v) is 14.2. The molecule has 0 saturated carbocycles. The van der Waals surface area contributed by atoms with Crippen LogP contribution in [0, 0.1) is 0 Å². The molecule has 1 heterocycles. The lowest BCUT2D eigenvalue weighted by Crippen LogP contribution is -1.97. The average molecular weight is 687 g/mol. The SMILES string of the molecule is CCCC(S)c1ccc2c(-c3ccccc3)c3cc(-c4ccc5c(c4)nc(-c4ccccc4)n5-c4ccccc4)ccc3c(-c3ccccc3)c2c1. The topological polar surface area (TPSA) is 17.8 Å². The number of hydrogen-bond donors (Lipinski definition) is 1. The number of thiol groups is 1. The summed E-state index contributed by atoms with van der Waals surface area (Å²) in [5.41, 5.74) is 12.7. The van der Waals surface area contributed by atoms with Gasteiger partial charge in [-0.2, -0.15) is 12.6 Å². The fraction of sp³-hybridized carbons (Fsp3) is 0.0816. The average Bonchev–Trinajstić information content (AvgIpc) is 3.60. The van der Waals surface area contributed by atoms with Gasteiger partial charge in [0.05, 0.1) is 11.0 Å². The largest absolute Gasteiger partial charge is 0.292 e. The van der Waals surface area contributed by atoms with Crippen molar-refractivity contribution in [3.63, 3.8) is 0 Å². The van der Waals surface area contributed by atoms with Gasteiger partial charge < -0.3 is 0 Å². The van der Waals surface area contributed by atoms with Gasteiger partial charge in [-0.05, 0) is 103 Å². The molecule has 52 heavy (non-hydrogen) atoms. The lowest BCUT2D eigenvalue weighted by atomic mass is 9.84. The minimum Gasteiger partial charge on any atom is -0.292 e. The number of aromatic nitrogens is 2. The van der Waals surface area contributed by atoms with Crippen molar-refractivity contribution in [2.75, 3.05) is 0 Å². The van der Waals surface area contributed by atoms with Gasteiger partial charge in [0.1, 0.15) is 5.82 Å². The van der Waals surface area contributed by atoms with Crippen LogP contribution in [0.15, 0.2) is 176 Å². The Morgan fingerprint density at radius 1 is 0.500 bits per heavy atom. The first-order valence-electron chi connectivity index (χ1n) is 18.1. The fourth-order valence-corrected chi connectivity index (χ4v) is 8.20. The molecule has 9 aromatic rings. The van der Waals surface area contributed by atoms with Gasteiger partial charge in [0.15, 0.2) is 0 Å². The monoisotopic (exact) mass is 686 g/mol. The van der Waals surface area contributed by atoms with Crippen molar-refractivity contribution in [2.24, 2.45) is 0 Å². The molecule has 0 radical (unpaired) electrons. The molecule has 3 heteroatoms. The smallest absolute Gasteiger partial charge is 0.145 e. The van der Waals surface area contributed by atoms with Crippen molar-refractivity contribution < 1.29 is 0 Å². The summed E-state index contributed by atoms with van der Waals surface area (Å²) in [5.74, 6) is 0.935. The molecule has 9 rings (SSSR count). The van der Waals surface area contributed by atoms with Crippen LogP contribution in [0.4, 0.5) is 0 Å². The molecule has 0 aliphatic rings. The van der Waals surface area contributed by atoms with Gasteiger partial charge in [0, 0.05) is 16.5 Å². The van der Waals surface area contributed by atoms with Crippen molar-refractivity contribution in [3.8, 4) is 50.5 Å². The van der Waals surface area contributed by atoms with Gasteiger partial charge in [0.25, 0.3) is 0 Å². The van der Waals surface area contributed by atoms with Gasteiger partial charge in [-0.25, -0.2) is 4.98 Å². The zero-order chi connectivity index (χ0) is 35.0. The van der Waals surface area contributed by atoms with Crippen molar-refractivity contribution in [2.45, 2.75) is 25.0 Å². The van der Waals surface area contributed by atoms with E-state index in [-0.39, 0.29) is 5.25 Å². The first-order chi connectivity index (χ1) is 25.7. The lowest BCUT2D eigenvalue weighted by molar-refractivity contribution is 0.783. The Balaban J connectivity index is 1.30. The van der Waals surface area contributed by atoms with E-state index in [2.05, 4.69) is 187 Å². The summed E-state index contributed by atoms with van der Waals surface area (Å²) in [4.78, 5) is 5.26. The summed E-state index contributed by atoms with van der Waals surface area (Å²) in [6.45, 7) is 2.23. The highest BCUT2D eigenvalue weighted by Crippen LogP contribution is 2.46. The van der Waals surface area contributed by atoms with Crippen molar-refractivity contribution in [3.05, 3.63) is 181 Å². The molecule has 1 unspecified atom stereocenters. The number of nitrogens with zero attached hydrogens (tertiary/aromatic N) is 2. The number of fused-ring (bicyclic) bond motifs is 3. The van der Waals surface area contributed by atoms with E-state index in [0.29, 0.717) is 0 Å². The van der Waals surface area contributed by atoms with E-state index in [4.69, 9.17) is 17.6 Å². The van der Waals surface area contributed by atoms with E-state index in [1.54, 1.807) is 0 Å². The Bertz CT molecular complexity index is 2680. The van der Waals surface area contributed by atoms with Crippen LogP contribution < -0.4 is 0 Å². The Morgan fingerprint density at radius 2 is 1.02 bits per heavy atom. The minimum atomic E-state index is 0.193. The molecule has 1 atom stereocenters. The third kappa shape index (κ3) is 5.68. The molecule has 1 aromatic heterocycles. The van der Waals surface area contributed by atoms with Crippen LogP contribution in [-0.4, -0.2) is 9.55 Å². The third-order valence-corrected chi connectivity index (χ3v) is 10.8. The second-order valence-electron chi connectivity index (χ2n) is 13.5. The predicted octanol–water partition coefficient (Wildman–Crippen LogP) is 13.8. The highest BCUT2D eigenvalue weighted by molar-refractivity contribution is 7.80. The van der Waals surface area contributed by atoms with Gasteiger partial charge in [-0.1, -0.05) is 153 Å². The van der Waals surface area contributed by atoms with Gasteiger partial charge in [0.2, 0.25) is 0 Å². The molecule has 0 aliphatic heterocycles. The maximum Gasteiger partial charge on any atom is 0.145 e. The highest BCUT2D eigenvalue weighted by atomic mass is 32.1. The molecule has 0 fully saturated rings. The van der Waals surface area contributed by atoms with Crippen LogP contribution in [0.5, 0.6) is 0 Å². The van der Waals surface area contributed by atoms with E-state index < -0.39 is 0 Å². The molecule has 0 aliphatic carbocycles. The molecule has 0 N–H and O–H groups in total. The molecular formula is C49H38N2S. The molecule has 0 bridgehead atoms. The summed E-state index contributed by atoms with van der Waals surface area (Å²) in [5, 5.41) is 5.18. The van der Waals surface area contributed by atoms with E-state index in [9.17, 15) is 0 Å². The Kier molecular flexibility index (Phi) is 8.42. The fourth-order valence-electron chi connectivity index (χ4n) is 7.78. The van der Waals surface area contributed by atoms with Crippen LogP contribution in [0.1, 0.15) is 30.6 Å². The van der Waals surface area contributed by atoms with Crippen LogP contribution in [-0.2, 0) is 0 Å². The van der Waals surface area contributed by atoms with Crippen molar-refractivity contribution in [1.82, 2.24) is 9.55 Å². The summed E-state index contributed by atoms with van der Waals surface area (Å²) >= 11 is 5.04. The Labute approximate surface area is 310 Å². The van der Waals surface area contributed by atoms with Crippen LogP contribution in [0.25, 0.3) is 83.0 Å². The molecular weight excluding hydrogens is 649 g/mol. The van der Waals surface area contributed by atoms with Crippen LogP contribution in [0.3, 0.4) is 0 Å². The molecule has 0 spiro atoms. The Hall–Kier alpha value is -5.90. The second kappa shape index (κ2) is 13.7. The summed E-state index contributed by atoms with van der Waals surface area (Å²) in [6.07, 6.45) is 2.14. The molecule has 8 aromatic carbocycles. The van der Waals surface area contributed by atoms with Crippen LogP contribution in [0.2, 0.25) is 0 Å². The first-order valence-corrected chi connectivity index (χ1v) is 18.7. The van der Waals surface area contributed by atoms with Gasteiger partial charge >= 0.3 is 0 Å². The lowest BCUT2D eigenvalue weighted by Gasteiger charge is -2.20. The number of imidazole rings is 1. The quantitative estimate of drug-likeness (QED) is 0.124. The maximum absolute atomic E-state index is 5.26. The standard InChI is InChI=1S/C49H38N2S/c1-2-15-46(52)38-25-28-41-43(31-38)48(34-18-9-4-10-19-34)40-27-24-36(30-42(40)47(41)33-16-7-3-8-17-33)37-26-29-45-44(32-37)50-49(35-20-11-5-12-21-35)51(45)39-22-13-6-14-23-39/h3-14,16-32,46,52H,2,15H2,1H3. The normalized spacial score (nSPS) is 12.1. The zero-order valence-corrected chi connectivity index (χ0v) is 30.0. The Morgan fingerprint density at radius 3 is 1.63 bits per heavy atom. The number of hydrogen-bond acceptors (Lipinski definition) is 2. The van der Waals surface area contributed by atoms with E-state index in [1.165, 1.54) is 49.4 Å². The van der Waals surface area contributed by atoms with Crippen molar-refractivity contribution in [1.29, 1.82) is 0 Å². The maximum atomic E-state index is 5.26. The molecule has 0 amide bonds. The summed E-state index contributed by atoms with van der Waals surface area (Å²) < 4.78 is 2.27. The predicted molar refractivity (Wildman–Crippen MR) is 224 cm³/mol. The highest BCUT2D eigenvalue weighted by Gasteiger charge is 2.20. The van der Waals surface area contributed by atoms with Crippen molar-refractivity contribution >= 4 is 45.2 Å². The van der Waals surface area contributed by atoms with E-state index >= 15 is 0 Å². The van der Waals surface area contributed by atoms with Gasteiger partial charge in [-0.15, -0.1) is 0 Å². The van der Waals surface area contributed by atoms with Gasteiger partial charge in [-0.3, -0.25) is 4.57 Å². The number of rotatable bonds is 8. The number of para-hydroxylation sites is 1. The minimum absolute atomic E-state index is 0.193. The van der Waals surface area contributed by atoms with E-state index in [1.807, 2.05) is 0 Å². The van der Waals surface area contributed by atoms with E-state index in [0.717, 1.165) is 52.1 Å². The molecule has 0 saturated heterocycles. The third-order valence-electron chi connectivity index (χ3n) is 10.2. The zero-order valence-electron chi connectivity index (χ0n) is 29.1. The number of benzene rings is 8. The first kappa shape index (κ1) is 32.0. The summed E-state index contributed by atoms with van der Waals surface area (Å²) in [6, 6.07) is 63.4. The van der Waals surface area contributed by atoms with Crippen LogP contribution >= 0.6 is 12.6 Å².